The molecule has 3 aromatic rings. The normalized spacial score (nSPS) is 10.8. The van der Waals surface area contributed by atoms with Gasteiger partial charge in [0.05, 0.1) is 12.1 Å². The SMILES string of the molecule is Nc1cccc(OCCCn2nnc3ccccc32)c1. The number of hydrogen-bond acceptors (Lipinski definition) is 4. The van der Waals surface area contributed by atoms with Gasteiger partial charge >= 0.3 is 0 Å². The van der Waals surface area contributed by atoms with E-state index in [9.17, 15) is 0 Å². The minimum atomic E-state index is 0.623. The second-order valence-corrected chi connectivity index (χ2v) is 4.58. The van der Waals surface area contributed by atoms with E-state index in [-0.39, 0.29) is 0 Å². The lowest BCUT2D eigenvalue weighted by Crippen LogP contribution is -2.06. The van der Waals surface area contributed by atoms with Crippen LogP contribution >= 0.6 is 0 Å². The minimum absolute atomic E-state index is 0.623. The Hall–Kier alpha value is -2.56. The van der Waals surface area contributed by atoms with Crippen molar-refractivity contribution in [3.8, 4) is 5.75 Å². The molecule has 5 nitrogen and oxygen atoms in total. The molecule has 102 valence electrons. The van der Waals surface area contributed by atoms with Crippen LogP contribution < -0.4 is 10.5 Å². The first-order valence-electron chi connectivity index (χ1n) is 6.59. The van der Waals surface area contributed by atoms with Crippen molar-refractivity contribution < 1.29 is 4.74 Å². The van der Waals surface area contributed by atoms with E-state index in [0.717, 1.165) is 29.7 Å². The van der Waals surface area contributed by atoms with Crippen LogP contribution in [0, 0.1) is 0 Å². The van der Waals surface area contributed by atoms with Gasteiger partial charge < -0.3 is 10.5 Å². The second kappa shape index (κ2) is 5.61. The van der Waals surface area contributed by atoms with Gasteiger partial charge in [0.25, 0.3) is 0 Å². The van der Waals surface area contributed by atoms with Gasteiger partial charge in [-0.15, -0.1) is 5.10 Å². The third-order valence-corrected chi connectivity index (χ3v) is 3.06. The van der Waals surface area contributed by atoms with Crippen molar-refractivity contribution >= 4 is 16.7 Å². The van der Waals surface area contributed by atoms with Gasteiger partial charge in [0.2, 0.25) is 0 Å². The zero-order chi connectivity index (χ0) is 13.8. The van der Waals surface area contributed by atoms with Crippen LogP contribution in [0.25, 0.3) is 11.0 Å². The Morgan fingerprint density at radius 1 is 1.10 bits per heavy atom. The van der Waals surface area contributed by atoms with E-state index in [1.807, 2.05) is 53.2 Å². The van der Waals surface area contributed by atoms with Gasteiger partial charge in [0.1, 0.15) is 11.3 Å². The van der Waals surface area contributed by atoms with Crippen LogP contribution in [0.15, 0.2) is 48.5 Å². The lowest BCUT2D eigenvalue weighted by Gasteiger charge is -2.07. The van der Waals surface area contributed by atoms with Crippen LogP contribution in [0.1, 0.15) is 6.42 Å². The topological polar surface area (TPSA) is 66.0 Å². The number of aromatic nitrogens is 3. The molecule has 3 rings (SSSR count). The first kappa shape index (κ1) is 12.5. The number of ether oxygens (including phenoxy) is 1. The summed E-state index contributed by atoms with van der Waals surface area (Å²) in [5, 5.41) is 8.27. The van der Waals surface area contributed by atoms with Crippen molar-refractivity contribution in [2.24, 2.45) is 0 Å². The van der Waals surface area contributed by atoms with Gasteiger partial charge in [0.15, 0.2) is 0 Å². The molecule has 0 amide bonds. The summed E-state index contributed by atoms with van der Waals surface area (Å²) in [6, 6.07) is 15.4. The van der Waals surface area contributed by atoms with Gasteiger partial charge in [-0.1, -0.05) is 23.4 Å². The predicted octanol–water partition coefficient (Wildman–Crippen LogP) is 2.48. The number of nitrogen functional groups attached to an aromatic ring is 1. The Kier molecular flexibility index (Phi) is 3.50. The summed E-state index contributed by atoms with van der Waals surface area (Å²) < 4.78 is 7.56. The molecular formula is C15H16N4O. The number of nitrogens with two attached hydrogens (primary N) is 1. The summed E-state index contributed by atoms with van der Waals surface area (Å²) >= 11 is 0. The molecule has 0 atom stereocenters. The Labute approximate surface area is 117 Å². The van der Waals surface area contributed by atoms with Crippen molar-refractivity contribution in [3.63, 3.8) is 0 Å². The minimum Gasteiger partial charge on any atom is -0.493 e. The maximum absolute atomic E-state index is 5.70. The number of benzene rings is 2. The fraction of sp³-hybridized carbons (Fsp3) is 0.200. The largest absolute Gasteiger partial charge is 0.493 e. The van der Waals surface area contributed by atoms with E-state index < -0.39 is 0 Å². The molecule has 0 unspecified atom stereocenters. The van der Waals surface area contributed by atoms with Gasteiger partial charge in [-0.25, -0.2) is 4.68 Å². The first-order valence-corrected chi connectivity index (χ1v) is 6.59. The van der Waals surface area contributed by atoms with Crippen molar-refractivity contribution in [1.82, 2.24) is 15.0 Å². The summed E-state index contributed by atoms with van der Waals surface area (Å²) in [6.45, 7) is 1.40. The molecule has 0 aliphatic carbocycles. The van der Waals surface area contributed by atoms with Crippen molar-refractivity contribution in [2.45, 2.75) is 13.0 Å². The average molecular weight is 268 g/mol. The van der Waals surface area contributed by atoms with Crippen molar-refractivity contribution in [3.05, 3.63) is 48.5 Å². The molecule has 1 aromatic heterocycles. The maximum atomic E-state index is 5.70. The van der Waals surface area contributed by atoms with Gasteiger partial charge in [0, 0.05) is 24.7 Å². The highest BCUT2D eigenvalue weighted by atomic mass is 16.5. The first-order chi connectivity index (χ1) is 9.83. The van der Waals surface area contributed by atoms with Crippen LogP contribution in [0.4, 0.5) is 5.69 Å². The Balaban J connectivity index is 1.55. The molecule has 1 heterocycles. The zero-order valence-electron chi connectivity index (χ0n) is 11.1. The number of fused-ring (bicyclic) bond motifs is 1. The predicted molar refractivity (Wildman–Crippen MR) is 78.5 cm³/mol. The molecule has 2 N–H and O–H groups in total. The second-order valence-electron chi connectivity index (χ2n) is 4.58. The van der Waals surface area contributed by atoms with E-state index in [1.165, 1.54) is 0 Å². The highest BCUT2D eigenvalue weighted by Crippen LogP contribution is 2.15. The highest BCUT2D eigenvalue weighted by molar-refractivity contribution is 5.73. The Bertz CT molecular complexity index is 708. The lowest BCUT2D eigenvalue weighted by molar-refractivity contribution is 0.299. The molecule has 0 aliphatic heterocycles. The molecule has 0 fully saturated rings. The molecule has 0 spiro atoms. The molecule has 0 bridgehead atoms. The number of aryl methyl sites for hydroxylation is 1. The monoisotopic (exact) mass is 268 g/mol. The molecule has 0 saturated carbocycles. The highest BCUT2D eigenvalue weighted by Gasteiger charge is 2.02. The number of anilines is 1. The smallest absolute Gasteiger partial charge is 0.121 e. The van der Waals surface area contributed by atoms with Gasteiger partial charge in [-0.3, -0.25) is 0 Å². The van der Waals surface area contributed by atoms with Crippen LogP contribution in [-0.4, -0.2) is 21.6 Å². The summed E-state index contributed by atoms with van der Waals surface area (Å²) in [7, 11) is 0. The van der Waals surface area contributed by atoms with E-state index in [1.54, 1.807) is 0 Å². The van der Waals surface area contributed by atoms with Crippen LogP contribution in [0.2, 0.25) is 0 Å². The number of nitrogens with zero attached hydrogens (tertiary/aromatic N) is 3. The van der Waals surface area contributed by atoms with Crippen LogP contribution in [0.3, 0.4) is 0 Å². The number of para-hydroxylation sites is 1. The molecule has 0 saturated heterocycles. The number of rotatable bonds is 5. The van der Waals surface area contributed by atoms with Gasteiger partial charge in [-0.2, -0.15) is 0 Å². The lowest BCUT2D eigenvalue weighted by atomic mass is 10.3. The van der Waals surface area contributed by atoms with E-state index in [4.69, 9.17) is 10.5 Å². The molecule has 5 heteroatoms. The fourth-order valence-corrected chi connectivity index (χ4v) is 2.09. The summed E-state index contributed by atoms with van der Waals surface area (Å²) in [4.78, 5) is 0. The molecule has 0 radical (unpaired) electrons. The molecule has 0 aliphatic rings. The average Bonchev–Trinajstić information content (AvgIpc) is 2.87. The molecule has 20 heavy (non-hydrogen) atoms. The van der Waals surface area contributed by atoms with E-state index in [2.05, 4.69) is 10.3 Å². The Morgan fingerprint density at radius 2 is 2.00 bits per heavy atom. The summed E-state index contributed by atoms with van der Waals surface area (Å²) in [5.74, 6) is 0.799. The number of hydrogen-bond donors (Lipinski definition) is 1. The van der Waals surface area contributed by atoms with Crippen LogP contribution in [-0.2, 0) is 6.54 Å². The molecule has 2 aromatic carbocycles. The quantitative estimate of drug-likeness (QED) is 0.570. The fourth-order valence-electron chi connectivity index (χ4n) is 2.09. The third kappa shape index (κ3) is 2.71. The van der Waals surface area contributed by atoms with E-state index in [0.29, 0.717) is 12.3 Å². The third-order valence-electron chi connectivity index (χ3n) is 3.06. The van der Waals surface area contributed by atoms with Crippen LogP contribution in [0.5, 0.6) is 5.75 Å². The summed E-state index contributed by atoms with van der Waals surface area (Å²) in [5.41, 5.74) is 8.39. The standard InChI is InChI=1S/C15H16N4O/c16-12-5-3-6-13(11-12)20-10-4-9-19-15-8-2-1-7-14(15)17-18-19/h1-3,5-8,11H,4,9-10,16H2. The van der Waals surface area contributed by atoms with Crippen molar-refractivity contribution in [2.75, 3.05) is 12.3 Å². The zero-order valence-corrected chi connectivity index (χ0v) is 11.1. The Morgan fingerprint density at radius 3 is 2.90 bits per heavy atom. The summed E-state index contributed by atoms with van der Waals surface area (Å²) in [6.07, 6.45) is 0.863. The maximum Gasteiger partial charge on any atom is 0.121 e. The van der Waals surface area contributed by atoms with Crippen molar-refractivity contribution in [1.29, 1.82) is 0 Å². The molecular weight excluding hydrogens is 252 g/mol. The van der Waals surface area contributed by atoms with E-state index >= 15 is 0 Å². The van der Waals surface area contributed by atoms with Gasteiger partial charge in [-0.05, 0) is 24.3 Å².